The first-order valence-corrected chi connectivity index (χ1v) is 7.48. The van der Waals surface area contributed by atoms with Crippen LogP contribution in [0.2, 0.25) is 0 Å². The summed E-state index contributed by atoms with van der Waals surface area (Å²) in [7, 11) is 0. The van der Waals surface area contributed by atoms with Crippen LogP contribution < -0.4 is 4.74 Å². The first-order valence-electron chi connectivity index (χ1n) is 7.48. The Morgan fingerprint density at radius 2 is 2.20 bits per heavy atom. The lowest BCUT2D eigenvalue weighted by Crippen LogP contribution is -2.32. The largest absolute Gasteiger partial charge is 0.488 e. The molecule has 0 amide bonds. The number of hydrogen-bond acceptors (Lipinski definition) is 2. The summed E-state index contributed by atoms with van der Waals surface area (Å²) in [6.07, 6.45) is 4.60. The summed E-state index contributed by atoms with van der Waals surface area (Å²) in [5, 5.41) is 9.10. The van der Waals surface area contributed by atoms with E-state index in [4.69, 9.17) is 9.84 Å². The molecule has 20 heavy (non-hydrogen) atoms. The third kappa shape index (κ3) is 2.82. The molecule has 3 nitrogen and oxygen atoms in total. The maximum atomic E-state index is 11.1. The number of fused-ring (bicyclic) bond motifs is 1. The zero-order valence-electron chi connectivity index (χ0n) is 12.2. The normalized spacial score (nSPS) is 21.7. The molecule has 1 aliphatic carbocycles. The van der Waals surface area contributed by atoms with Crippen LogP contribution in [0.4, 0.5) is 0 Å². The molecule has 108 valence electrons. The molecular formula is C17H22O3. The minimum atomic E-state index is -0.697. The van der Waals surface area contributed by atoms with E-state index in [0.717, 1.165) is 18.6 Å². The average molecular weight is 274 g/mol. The number of hydrogen-bond donors (Lipinski definition) is 1. The summed E-state index contributed by atoms with van der Waals surface area (Å²) >= 11 is 0. The Bertz CT molecular complexity index is 529. The van der Waals surface area contributed by atoms with E-state index in [-0.39, 0.29) is 17.9 Å². The predicted molar refractivity (Wildman–Crippen MR) is 77.2 cm³/mol. The molecule has 1 saturated carbocycles. The van der Waals surface area contributed by atoms with Crippen molar-refractivity contribution < 1.29 is 14.6 Å². The zero-order valence-corrected chi connectivity index (χ0v) is 12.2. The minimum absolute atomic E-state index is 0.0918. The molecule has 0 radical (unpaired) electrons. The van der Waals surface area contributed by atoms with E-state index < -0.39 is 5.97 Å². The van der Waals surface area contributed by atoms with Gasteiger partial charge < -0.3 is 9.84 Å². The Kier molecular flexibility index (Phi) is 3.23. The molecule has 0 spiro atoms. The summed E-state index contributed by atoms with van der Waals surface area (Å²) in [6, 6.07) is 6.27. The van der Waals surface area contributed by atoms with E-state index in [2.05, 4.69) is 26.0 Å². The fraction of sp³-hybridized carbons (Fsp3) is 0.588. The van der Waals surface area contributed by atoms with Crippen molar-refractivity contribution in [2.45, 2.75) is 57.5 Å². The lowest BCUT2D eigenvalue weighted by Gasteiger charge is -2.33. The van der Waals surface area contributed by atoms with Crippen LogP contribution in [0.5, 0.6) is 5.75 Å². The molecule has 1 heterocycles. The van der Waals surface area contributed by atoms with Crippen molar-refractivity contribution in [3.05, 3.63) is 29.3 Å². The number of carboxylic acids is 1. The van der Waals surface area contributed by atoms with Crippen LogP contribution in [0.15, 0.2) is 18.2 Å². The van der Waals surface area contributed by atoms with E-state index >= 15 is 0 Å². The molecule has 3 rings (SSSR count). The molecule has 1 unspecified atom stereocenters. The number of aliphatic carboxylic acids is 1. The maximum absolute atomic E-state index is 11.1. The van der Waals surface area contributed by atoms with E-state index in [9.17, 15) is 4.79 Å². The molecule has 1 aromatic rings. The first kappa shape index (κ1) is 13.5. The van der Waals surface area contributed by atoms with Gasteiger partial charge in [-0.2, -0.15) is 0 Å². The highest BCUT2D eigenvalue weighted by molar-refractivity contribution is 5.68. The Balaban J connectivity index is 1.86. The van der Waals surface area contributed by atoms with Crippen molar-refractivity contribution in [3.63, 3.8) is 0 Å². The summed E-state index contributed by atoms with van der Waals surface area (Å²) in [5.74, 6) is 1.00. The predicted octanol–water partition coefficient (Wildman–Crippen LogP) is 3.76. The third-order valence-corrected chi connectivity index (χ3v) is 4.48. The summed E-state index contributed by atoms with van der Waals surface area (Å²) < 4.78 is 5.99. The summed E-state index contributed by atoms with van der Waals surface area (Å²) in [4.78, 5) is 11.1. The quantitative estimate of drug-likeness (QED) is 0.909. The van der Waals surface area contributed by atoms with Crippen molar-refractivity contribution in [2.75, 3.05) is 0 Å². The Hall–Kier alpha value is -1.51. The molecule has 1 atom stereocenters. The molecule has 1 fully saturated rings. The zero-order chi connectivity index (χ0) is 14.3. The molecule has 1 aromatic carbocycles. The Labute approximate surface area is 120 Å². The monoisotopic (exact) mass is 274 g/mol. The number of ether oxygens (including phenoxy) is 1. The average Bonchev–Trinajstić information content (AvgIpc) is 3.18. The minimum Gasteiger partial charge on any atom is -0.488 e. The number of carbonyl (C=O) groups is 1. The highest BCUT2D eigenvalue weighted by atomic mass is 16.5. The molecule has 2 aliphatic rings. The van der Waals surface area contributed by atoms with Gasteiger partial charge in [0.1, 0.15) is 11.4 Å². The van der Waals surface area contributed by atoms with Crippen molar-refractivity contribution in [1.29, 1.82) is 0 Å². The van der Waals surface area contributed by atoms with Gasteiger partial charge in [-0.05, 0) is 68.6 Å². The fourth-order valence-corrected chi connectivity index (χ4v) is 3.15. The Morgan fingerprint density at radius 3 is 2.85 bits per heavy atom. The van der Waals surface area contributed by atoms with Gasteiger partial charge in [0.05, 0.1) is 6.42 Å². The topological polar surface area (TPSA) is 46.5 Å². The second kappa shape index (κ2) is 4.80. The van der Waals surface area contributed by atoms with Crippen molar-refractivity contribution in [3.8, 4) is 5.75 Å². The molecule has 0 bridgehead atoms. The second-order valence-electron chi connectivity index (χ2n) is 6.77. The maximum Gasteiger partial charge on any atom is 0.303 e. The standard InChI is InChI=1S/C17H22O3/c1-17(2)8-7-13-9-12(5-6-15(13)20-17)14(10-16(18)19)11-3-4-11/h5-6,9,11,14H,3-4,7-8,10H2,1-2H3,(H,18,19). The van der Waals surface area contributed by atoms with Crippen LogP contribution in [0.1, 0.15) is 56.6 Å². The van der Waals surface area contributed by atoms with Crippen LogP contribution >= 0.6 is 0 Å². The second-order valence-corrected chi connectivity index (χ2v) is 6.77. The van der Waals surface area contributed by atoms with Gasteiger partial charge in [-0.1, -0.05) is 12.1 Å². The SMILES string of the molecule is CC1(C)CCc2cc(C(CC(=O)O)C3CC3)ccc2O1. The number of aryl methyl sites for hydroxylation is 1. The van der Waals surface area contributed by atoms with Crippen LogP contribution in [0.3, 0.4) is 0 Å². The van der Waals surface area contributed by atoms with Crippen molar-refractivity contribution in [1.82, 2.24) is 0 Å². The number of rotatable bonds is 4. The van der Waals surface area contributed by atoms with E-state index in [1.165, 1.54) is 24.0 Å². The van der Waals surface area contributed by atoms with E-state index in [1.54, 1.807) is 0 Å². The van der Waals surface area contributed by atoms with Gasteiger partial charge in [-0.15, -0.1) is 0 Å². The lowest BCUT2D eigenvalue weighted by atomic mass is 9.87. The molecule has 3 heteroatoms. The van der Waals surface area contributed by atoms with Gasteiger partial charge in [0.25, 0.3) is 0 Å². The third-order valence-electron chi connectivity index (χ3n) is 4.48. The van der Waals surface area contributed by atoms with E-state index in [0.29, 0.717) is 5.92 Å². The smallest absolute Gasteiger partial charge is 0.303 e. The lowest BCUT2D eigenvalue weighted by molar-refractivity contribution is -0.137. The molecule has 0 aromatic heterocycles. The van der Waals surface area contributed by atoms with Crippen LogP contribution in [-0.2, 0) is 11.2 Å². The van der Waals surface area contributed by atoms with Crippen molar-refractivity contribution >= 4 is 5.97 Å². The molecule has 1 N–H and O–H groups in total. The van der Waals surface area contributed by atoms with Crippen LogP contribution in [0.25, 0.3) is 0 Å². The molecule has 1 aliphatic heterocycles. The highest BCUT2D eigenvalue weighted by Crippen LogP contribution is 2.46. The first-order chi connectivity index (χ1) is 9.44. The highest BCUT2D eigenvalue weighted by Gasteiger charge is 2.34. The number of carboxylic acid groups (broad SMARTS) is 1. The van der Waals surface area contributed by atoms with Gasteiger partial charge in [0, 0.05) is 0 Å². The Morgan fingerprint density at radius 1 is 1.45 bits per heavy atom. The van der Waals surface area contributed by atoms with Gasteiger partial charge in [-0.25, -0.2) is 0 Å². The van der Waals surface area contributed by atoms with Gasteiger partial charge in [0.15, 0.2) is 0 Å². The van der Waals surface area contributed by atoms with E-state index in [1.807, 2.05) is 6.07 Å². The van der Waals surface area contributed by atoms with Crippen LogP contribution in [0, 0.1) is 5.92 Å². The molecule has 0 saturated heterocycles. The van der Waals surface area contributed by atoms with Crippen molar-refractivity contribution in [2.24, 2.45) is 5.92 Å². The summed E-state index contributed by atoms with van der Waals surface area (Å²) in [5.41, 5.74) is 2.32. The fourth-order valence-electron chi connectivity index (χ4n) is 3.15. The van der Waals surface area contributed by atoms with Gasteiger partial charge in [0.2, 0.25) is 0 Å². The summed E-state index contributed by atoms with van der Waals surface area (Å²) in [6.45, 7) is 4.22. The van der Waals surface area contributed by atoms with Gasteiger partial charge in [-0.3, -0.25) is 4.79 Å². The van der Waals surface area contributed by atoms with Crippen LogP contribution in [-0.4, -0.2) is 16.7 Å². The number of benzene rings is 1. The molecular weight excluding hydrogens is 252 g/mol. The van der Waals surface area contributed by atoms with Gasteiger partial charge >= 0.3 is 5.97 Å².